The Morgan fingerprint density at radius 1 is 0.430 bits per heavy atom. The Balaban J connectivity index is 0.000000205. The molecule has 4 saturated heterocycles. The number of carbonyl (C=O) groups is 2. The molecule has 22 heteroatoms. The number of alkyl halides is 12. The first kappa shape index (κ1) is 63.7. The maximum Gasteiger partial charge on any atom is 0.416 e. The smallest absolute Gasteiger partial charge is 0.374 e. The highest BCUT2D eigenvalue weighted by molar-refractivity contribution is 5.81. The van der Waals surface area contributed by atoms with E-state index in [4.69, 9.17) is 18.9 Å². The quantitative estimate of drug-likeness (QED) is 0.0821. The summed E-state index contributed by atoms with van der Waals surface area (Å²) >= 11 is 0. The lowest BCUT2D eigenvalue weighted by molar-refractivity contribution is -0.149. The number of halogens is 12. The molecule has 2 N–H and O–H groups in total. The van der Waals surface area contributed by atoms with Crippen LogP contribution in [0, 0.1) is 0 Å². The third-order valence-electron chi connectivity index (χ3n) is 16.6. The van der Waals surface area contributed by atoms with E-state index in [9.17, 15) is 62.3 Å². The number of hydrogen-bond acceptors (Lipinski definition) is 8. The molecule has 2 amide bonds. The Hall–Kier alpha value is -6.82. The molecule has 4 heterocycles. The molecular formula is C64H64F12N4O6. The summed E-state index contributed by atoms with van der Waals surface area (Å²) in [4.78, 5) is 30.0. The second-order valence-electron chi connectivity index (χ2n) is 22.7. The summed E-state index contributed by atoms with van der Waals surface area (Å²) in [5, 5.41) is 6.22. The summed E-state index contributed by atoms with van der Waals surface area (Å²) in [7, 11) is 0. The van der Waals surface area contributed by atoms with Crippen LogP contribution < -0.4 is 10.6 Å². The minimum absolute atomic E-state index is 0.0504. The van der Waals surface area contributed by atoms with Crippen molar-refractivity contribution in [1.82, 2.24) is 20.4 Å². The number of nitrogens with zero attached hydrogens (tertiary/aromatic N) is 2. The Labute approximate surface area is 489 Å². The average Bonchev–Trinajstić information content (AvgIpc) is 0.898. The fraction of sp³-hybridized carbons (Fsp3) is 0.406. The van der Waals surface area contributed by atoms with Gasteiger partial charge in [-0.1, -0.05) is 121 Å². The predicted molar refractivity (Wildman–Crippen MR) is 293 cm³/mol. The maximum atomic E-state index is 13.5. The molecule has 4 bridgehead atoms. The number of fused-ring (bicyclic) bond motifs is 4. The molecule has 4 fully saturated rings. The van der Waals surface area contributed by atoms with E-state index in [2.05, 4.69) is 10.6 Å². The van der Waals surface area contributed by atoms with Crippen LogP contribution in [0.25, 0.3) is 0 Å². The molecule has 86 heavy (non-hydrogen) atoms. The normalized spacial score (nSPS) is 24.8. The van der Waals surface area contributed by atoms with Crippen molar-refractivity contribution in [3.05, 3.63) is 213 Å². The molecule has 6 aromatic rings. The zero-order valence-corrected chi connectivity index (χ0v) is 46.9. The van der Waals surface area contributed by atoms with E-state index in [1.807, 2.05) is 131 Å². The Kier molecular flexibility index (Phi) is 18.9. The summed E-state index contributed by atoms with van der Waals surface area (Å²) in [6.45, 7) is 5.03. The maximum absolute atomic E-state index is 13.5. The molecule has 4 aliphatic rings. The number of nitrogens with one attached hydrogen (secondary N) is 2. The first-order valence-corrected chi connectivity index (χ1v) is 27.9. The fourth-order valence-electron chi connectivity index (χ4n) is 12.0. The van der Waals surface area contributed by atoms with Crippen molar-refractivity contribution in [3.63, 3.8) is 0 Å². The highest BCUT2D eigenvalue weighted by atomic mass is 19.4. The van der Waals surface area contributed by atoms with Gasteiger partial charge in [0.2, 0.25) is 11.8 Å². The predicted octanol–water partition coefficient (Wildman–Crippen LogP) is 13.8. The van der Waals surface area contributed by atoms with Gasteiger partial charge < -0.3 is 29.6 Å². The van der Waals surface area contributed by atoms with Crippen molar-refractivity contribution in [3.8, 4) is 0 Å². The molecule has 10 rings (SSSR count). The van der Waals surface area contributed by atoms with Crippen LogP contribution in [0.15, 0.2) is 158 Å². The minimum Gasteiger partial charge on any atom is -0.374 e. The van der Waals surface area contributed by atoms with Gasteiger partial charge in [-0.3, -0.25) is 19.4 Å². The van der Waals surface area contributed by atoms with Gasteiger partial charge in [0.1, 0.15) is 0 Å². The summed E-state index contributed by atoms with van der Waals surface area (Å²) in [6, 6.07) is 40.9. The van der Waals surface area contributed by atoms with Gasteiger partial charge in [0.15, 0.2) is 0 Å². The minimum atomic E-state index is -4.96. The third-order valence-corrected chi connectivity index (χ3v) is 16.6. The number of rotatable bonds is 18. The first-order valence-electron chi connectivity index (χ1n) is 27.9. The summed E-state index contributed by atoms with van der Waals surface area (Å²) < 4.78 is 186. The molecule has 0 aromatic heterocycles. The van der Waals surface area contributed by atoms with E-state index in [0.717, 1.165) is 22.3 Å². The van der Waals surface area contributed by atoms with Crippen LogP contribution in [0.2, 0.25) is 0 Å². The van der Waals surface area contributed by atoms with Crippen molar-refractivity contribution in [2.75, 3.05) is 52.6 Å². The fourth-order valence-corrected chi connectivity index (χ4v) is 12.0. The summed E-state index contributed by atoms with van der Waals surface area (Å²) in [5.41, 5.74) is -5.35. The third kappa shape index (κ3) is 14.9. The number of amides is 2. The lowest BCUT2D eigenvalue weighted by Gasteiger charge is -2.57. The molecule has 4 aliphatic heterocycles. The van der Waals surface area contributed by atoms with Gasteiger partial charge in [-0.2, -0.15) is 52.7 Å². The number of benzene rings is 6. The zero-order chi connectivity index (χ0) is 61.8. The van der Waals surface area contributed by atoms with Crippen molar-refractivity contribution >= 4 is 11.8 Å². The van der Waals surface area contributed by atoms with Crippen molar-refractivity contribution in [1.29, 1.82) is 0 Å². The molecule has 0 aliphatic carbocycles. The highest BCUT2D eigenvalue weighted by Crippen LogP contribution is 2.47. The topological polar surface area (TPSA) is 102 Å². The van der Waals surface area contributed by atoms with Gasteiger partial charge in [-0.15, -0.1) is 0 Å². The first-order chi connectivity index (χ1) is 40.6. The van der Waals surface area contributed by atoms with Crippen LogP contribution in [0.1, 0.15) is 107 Å². The number of piperidine rings is 2. The molecular weight excluding hydrogens is 1150 g/mol. The molecule has 10 nitrogen and oxygen atoms in total. The molecule has 0 radical (unpaired) electrons. The van der Waals surface area contributed by atoms with Gasteiger partial charge >= 0.3 is 24.7 Å². The molecule has 2 unspecified atom stereocenters. The average molecular weight is 1210 g/mol. The summed E-state index contributed by atoms with van der Waals surface area (Å²) in [6.07, 6.45) is -20.0. The van der Waals surface area contributed by atoms with Gasteiger partial charge in [-0.25, -0.2) is 0 Å². The van der Waals surface area contributed by atoms with Crippen LogP contribution >= 0.6 is 0 Å². The van der Waals surface area contributed by atoms with Gasteiger partial charge in [0.05, 0.1) is 109 Å². The number of carbonyl (C=O) groups excluding carboxylic acids is 2. The highest BCUT2D eigenvalue weighted by Gasteiger charge is 2.55. The Morgan fingerprint density at radius 3 is 1.03 bits per heavy atom. The SMILES string of the molecule is C[C@@H](OC[C@@]1(c2ccccc2)CC[C@@]2(COCc3ccccc3)CN1CC(=O)N2)c1cc(C(F)(F)F)cc(C(F)(F)F)c1.C[C@@H](OC[C@@]1(c2ccccc2)CC[C@]2(COCc3ccccc3)CN1CC(=O)N2)c1cc(C(F)(F)F)cc(C(F)(F)F)c1. The molecule has 8 atom stereocenters. The van der Waals surface area contributed by atoms with Crippen LogP contribution in [0.4, 0.5) is 52.7 Å². The Morgan fingerprint density at radius 2 is 0.733 bits per heavy atom. The van der Waals surface area contributed by atoms with Crippen molar-refractivity contribution in [2.24, 2.45) is 0 Å². The van der Waals surface area contributed by atoms with Gasteiger partial charge in [-0.05, 0) is 109 Å². The van der Waals surface area contributed by atoms with Crippen LogP contribution in [-0.4, -0.2) is 85.3 Å². The largest absolute Gasteiger partial charge is 0.416 e. The number of piperazine rings is 2. The van der Waals surface area contributed by atoms with Crippen LogP contribution in [-0.2, 0) is 77.5 Å². The zero-order valence-electron chi connectivity index (χ0n) is 46.9. The second kappa shape index (κ2) is 25.5. The monoisotopic (exact) mass is 1210 g/mol. The van der Waals surface area contributed by atoms with E-state index in [1.54, 1.807) is 0 Å². The van der Waals surface area contributed by atoms with E-state index in [1.165, 1.54) is 13.8 Å². The van der Waals surface area contributed by atoms with E-state index in [0.29, 0.717) is 76.3 Å². The molecule has 460 valence electrons. The standard InChI is InChI=1S/2C32H32F6N2O3/c2*1-22(24-14-26(31(33,34)35)16-27(15-24)32(36,37)38)43-21-30(25-10-6-3-7-11-25)13-12-29(19-40(30)17-28(41)39-29)20-42-18-23-8-4-2-5-9-23/h2*2-11,14-16,22H,12-13,17-21H2,1H3,(H,39,41)/t22-,29+,30-;22-,29-,30-/m11/s1. The number of hydrogen-bond donors (Lipinski definition) is 2. The molecule has 6 aromatic carbocycles. The second-order valence-corrected chi connectivity index (χ2v) is 22.7. The van der Waals surface area contributed by atoms with E-state index >= 15 is 0 Å². The molecule has 0 saturated carbocycles. The Bertz CT molecular complexity index is 2980. The van der Waals surface area contributed by atoms with Crippen molar-refractivity contribution in [2.45, 2.75) is 112 Å². The van der Waals surface area contributed by atoms with Crippen molar-refractivity contribution < 1.29 is 81.2 Å². The van der Waals surface area contributed by atoms with Gasteiger partial charge in [0.25, 0.3) is 0 Å². The lowest BCUT2D eigenvalue weighted by atomic mass is 9.73. The van der Waals surface area contributed by atoms with Crippen LogP contribution in [0.3, 0.4) is 0 Å². The lowest BCUT2D eigenvalue weighted by Crippen LogP contribution is -2.73. The summed E-state index contributed by atoms with van der Waals surface area (Å²) in [5.74, 6) is -0.398. The van der Waals surface area contributed by atoms with E-state index < -0.39 is 81.3 Å². The number of ether oxygens (including phenoxy) is 4. The van der Waals surface area contributed by atoms with Gasteiger partial charge in [0, 0.05) is 13.1 Å². The molecule has 0 spiro atoms. The van der Waals surface area contributed by atoms with Crippen LogP contribution in [0.5, 0.6) is 0 Å². The van der Waals surface area contributed by atoms with E-state index in [-0.39, 0.29) is 74.6 Å².